The molecule has 428 valence electrons. The lowest BCUT2D eigenvalue weighted by Gasteiger charge is -2.48. The average molecular weight is 1050 g/mol. The minimum atomic E-state index is 0.209. The Bertz CT molecular complexity index is 1990. The third-order valence-corrected chi connectivity index (χ3v) is 23.3. The first kappa shape index (κ1) is 54.9. The van der Waals surface area contributed by atoms with Crippen molar-refractivity contribution < 1.29 is 0 Å². The maximum atomic E-state index is 5.90. The summed E-state index contributed by atoms with van der Waals surface area (Å²) in [5.41, 5.74) is 6.05. The van der Waals surface area contributed by atoms with Crippen molar-refractivity contribution in [2.24, 2.45) is 39.0 Å². The number of hydrogen-bond acceptors (Lipinski definition) is 9. The lowest BCUT2D eigenvalue weighted by atomic mass is 9.70. The van der Waals surface area contributed by atoms with Gasteiger partial charge in [-0.2, -0.15) is 15.3 Å². The average Bonchev–Trinajstić information content (AvgIpc) is 3.88. The summed E-state index contributed by atoms with van der Waals surface area (Å²) in [6.07, 6.45) is 61.9. The number of rotatable bonds is 18. The number of likely N-dealkylation sites (tertiary alicyclic amines) is 1. The van der Waals surface area contributed by atoms with Crippen LogP contribution in [0.3, 0.4) is 0 Å². The van der Waals surface area contributed by atoms with Crippen LogP contribution in [0.4, 0.5) is 5.69 Å². The van der Waals surface area contributed by atoms with Crippen LogP contribution in [-0.4, -0.2) is 131 Å². The van der Waals surface area contributed by atoms with Gasteiger partial charge in [0.15, 0.2) is 0 Å². The van der Waals surface area contributed by atoms with E-state index < -0.39 is 0 Å². The summed E-state index contributed by atoms with van der Waals surface area (Å²) in [7, 11) is 0. The molecule has 77 heavy (non-hydrogen) atoms. The molecule has 9 fully saturated rings. The van der Waals surface area contributed by atoms with E-state index in [9.17, 15) is 0 Å². The van der Waals surface area contributed by atoms with Crippen molar-refractivity contribution in [1.29, 1.82) is 0 Å². The third-order valence-electron chi connectivity index (χ3n) is 23.3. The van der Waals surface area contributed by atoms with Gasteiger partial charge in [-0.05, 0) is 207 Å². The Morgan fingerprint density at radius 3 is 1.49 bits per heavy atom. The summed E-state index contributed by atoms with van der Waals surface area (Å²) in [5, 5.41) is 25.8. The van der Waals surface area contributed by atoms with E-state index in [1.807, 2.05) is 0 Å². The van der Waals surface area contributed by atoms with Crippen LogP contribution >= 0.6 is 0 Å². The van der Waals surface area contributed by atoms with Crippen LogP contribution in [0.15, 0.2) is 27.4 Å². The van der Waals surface area contributed by atoms with Crippen LogP contribution in [0.5, 0.6) is 0 Å². The molecule has 0 aromatic heterocycles. The molecule has 0 spiro atoms. The van der Waals surface area contributed by atoms with E-state index in [0.29, 0.717) is 30.0 Å². The van der Waals surface area contributed by atoms with E-state index >= 15 is 0 Å². The lowest BCUT2D eigenvalue weighted by Crippen LogP contribution is -2.53. The molecule has 9 heteroatoms. The van der Waals surface area contributed by atoms with Crippen molar-refractivity contribution in [3.63, 3.8) is 0 Å². The number of anilines is 1. The van der Waals surface area contributed by atoms with Crippen molar-refractivity contribution in [3.8, 4) is 0 Å². The molecule has 6 unspecified atom stereocenters. The Morgan fingerprint density at radius 1 is 0.468 bits per heavy atom. The summed E-state index contributed by atoms with van der Waals surface area (Å²) in [6, 6.07) is 10.9. The molecule has 0 amide bonds. The topological polar surface area (TPSA) is 56.5 Å². The van der Waals surface area contributed by atoms with Gasteiger partial charge in [-0.15, -0.1) is 0 Å². The molecule has 3 heterocycles. The number of hydrazone groups is 3. The summed E-state index contributed by atoms with van der Waals surface area (Å²) in [4.78, 5) is 8.85. The highest BCUT2D eigenvalue weighted by Gasteiger charge is 2.50. The smallest absolute Gasteiger partial charge is 0.0857 e. The van der Waals surface area contributed by atoms with Crippen molar-refractivity contribution in [1.82, 2.24) is 24.8 Å². The minimum Gasteiger partial charge on any atom is -0.371 e. The fraction of sp³-hybridized carbons (Fsp3) is 0.868. The Labute approximate surface area is 470 Å². The predicted octanol–water partition coefficient (Wildman–Crippen LogP) is 15.2. The minimum absolute atomic E-state index is 0.209. The molecule has 8 saturated carbocycles. The van der Waals surface area contributed by atoms with Gasteiger partial charge in [0, 0.05) is 79.5 Å². The second kappa shape index (κ2) is 27.0. The molecule has 1 aromatic rings. The monoisotopic (exact) mass is 1050 g/mol. The standard InChI is InChI=1S/C68H111N9/c1-2-73-66-35-19-18-34-64(66)65-46-53(38-41-67(65)73)48-70-75(58-26-10-4-11-27-58)51-63(77(62-32-16-7-17-33-62)71-49-54-44-55-22-20-42-72-43-21-23-56(45-54)68(55)72)50-74(57-24-8-3-9-25-57)69-47-52-36-39-61(40-37-52)76(59-28-12-5-13-29-59)60-30-14-6-15-31-60/h44-45,47-49,52-53,57-67H,2-43,46,50-51H2,1H3/b69-47+,70-48-,71-49+. The van der Waals surface area contributed by atoms with Gasteiger partial charge in [0.1, 0.15) is 0 Å². The van der Waals surface area contributed by atoms with Crippen LogP contribution in [-0.2, 0) is 12.8 Å². The van der Waals surface area contributed by atoms with E-state index in [1.54, 1.807) is 16.8 Å². The van der Waals surface area contributed by atoms with Crippen molar-refractivity contribution in [3.05, 3.63) is 28.8 Å². The molecule has 3 aliphatic heterocycles. The zero-order chi connectivity index (χ0) is 51.8. The summed E-state index contributed by atoms with van der Waals surface area (Å²) in [6.45, 7) is 8.05. The van der Waals surface area contributed by atoms with E-state index in [4.69, 9.17) is 15.3 Å². The fourth-order valence-electron chi connectivity index (χ4n) is 19.4. The normalized spacial score (nSPS) is 32.2. The van der Waals surface area contributed by atoms with Crippen molar-refractivity contribution >= 4 is 24.3 Å². The molecular weight excluding hydrogens is 943 g/mol. The highest BCUT2D eigenvalue weighted by Crippen LogP contribution is 2.50. The van der Waals surface area contributed by atoms with Gasteiger partial charge in [0.2, 0.25) is 0 Å². The Morgan fingerprint density at radius 2 is 0.935 bits per heavy atom. The second-order valence-corrected chi connectivity index (χ2v) is 28.1. The molecule has 12 rings (SSSR count). The first-order valence-corrected chi connectivity index (χ1v) is 34.5. The molecule has 0 radical (unpaired) electrons. The van der Waals surface area contributed by atoms with Gasteiger partial charge >= 0.3 is 0 Å². The second-order valence-electron chi connectivity index (χ2n) is 28.1. The SMILES string of the molecule is CCN1C2CCCCC2C2CC(/C=N\N(CC(CN(/N=C/C3CCC(N(C4CCCCC4)C4CCCCC4)CC3)C3CCCCC3)N(/N=C/c3cc4c5c(c3)CCCN5CCC4)C3CCCCC3)C3CCCCC3)CCC21. The first-order valence-electron chi connectivity index (χ1n) is 34.5. The van der Waals surface area contributed by atoms with Gasteiger partial charge in [0.25, 0.3) is 0 Å². The highest BCUT2D eigenvalue weighted by atomic mass is 15.6. The molecule has 11 aliphatic rings. The Hall–Kier alpha value is -2.65. The van der Waals surface area contributed by atoms with Gasteiger partial charge in [0.05, 0.1) is 25.3 Å². The maximum absolute atomic E-state index is 5.90. The number of nitrogens with zero attached hydrogens (tertiary/aromatic N) is 9. The zero-order valence-electron chi connectivity index (χ0n) is 49.2. The molecule has 1 aromatic carbocycles. The lowest BCUT2D eigenvalue weighted by molar-refractivity contribution is 0.0187. The van der Waals surface area contributed by atoms with Crippen LogP contribution in [0, 0.1) is 23.7 Å². The van der Waals surface area contributed by atoms with E-state index in [0.717, 1.165) is 55.1 Å². The molecular formula is C68H111N9. The van der Waals surface area contributed by atoms with Crippen LogP contribution in [0.25, 0.3) is 0 Å². The van der Waals surface area contributed by atoms with Crippen LogP contribution in [0.1, 0.15) is 268 Å². The van der Waals surface area contributed by atoms with E-state index in [2.05, 4.69) is 67.4 Å². The fourth-order valence-corrected chi connectivity index (χ4v) is 19.4. The van der Waals surface area contributed by atoms with Crippen molar-refractivity contribution in [2.45, 2.75) is 318 Å². The third kappa shape index (κ3) is 13.2. The summed E-state index contributed by atoms with van der Waals surface area (Å²) in [5.74, 6) is 2.97. The summed E-state index contributed by atoms with van der Waals surface area (Å²) < 4.78 is 0. The Balaban J connectivity index is 0.842. The molecule has 6 atom stereocenters. The molecule has 8 aliphatic carbocycles. The molecule has 0 bridgehead atoms. The van der Waals surface area contributed by atoms with Gasteiger partial charge in [-0.3, -0.25) is 24.8 Å². The van der Waals surface area contributed by atoms with Crippen molar-refractivity contribution in [2.75, 3.05) is 37.6 Å². The van der Waals surface area contributed by atoms with Crippen LogP contribution < -0.4 is 4.90 Å². The first-order chi connectivity index (χ1) is 38.1. The number of aryl methyl sites for hydroxylation is 2. The van der Waals surface area contributed by atoms with E-state index in [1.165, 1.54) is 282 Å². The molecule has 9 nitrogen and oxygen atoms in total. The van der Waals surface area contributed by atoms with Gasteiger partial charge < -0.3 is 4.90 Å². The number of benzene rings is 1. The Kier molecular flexibility index (Phi) is 19.2. The largest absolute Gasteiger partial charge is 0.371 e. The van der Waals surface area contributed by atoms with Crippen LogP contribution in [0.2, 0.25) is 0 Å². The van der Waals surface area contributed by atoms with Gasteiger partial charge in [-0.25, -0.2) is 0 Å². The van der Waals surface area contributed by atoms with E-state index in [-0.39, 0.29) is 6.04 Å². The number of fused-ring (bicyclic) bond motifs is 3. The molecule has 1 saturated heterocycles. The molecule has 0 N–H and O–H groups in total. The van der Waals surface area contributed by atoms with Gasteiger partial charge in [-0.1, -0.05) is 116 Å². The predicted molar refractivity (Wildman–Crippen MR) is 324 cm³/mol. The quantitative estimate of drug-likeness (QED) is 0.108. The highest BCUT2D eigenvalue weighted by molar-refractivity contribution is 5.82. The maximum Gasteiger partial charge on any atom is 0.0857 e. The zero-order valence-corrected chi connectivity index (χ0v) is 49.2. The summed E-state index contributed by atoms with van der Waals surface area (Å²) >= 11 is 0. The number of hydrogen-bond donors (Lipinski definition) is 0.